The Hall–Kier alpha value is -2.11. The Kier molecular flexibility index (Phi) is 1.79. The van der Waals surface area contributed by atoms with Crippen LogP contribution in [0.3, 0.4) is 0 Å². The van der Waals surface area contributed by atoms with Crippen molar-refractivity contribution in [1.29, 1.82) is 0 Å². The highest BCUT2D eigenvalue weighted by Gasteiger charge is 2.12. The number of hydrogen-bond acceptors (Lipinski definition) is 5. The Labute approximate surface area is 73.0 Å². The van der Waals surface area contributed by atoms with Gasteiger partial charge in [-0.3, -0.25) is 9.78 Å². The normalized spacial score (nSPS) is 9.85. The Morgan fingerprint density at radius 3 is 2.77 bits per heavy atom. The molecule has 0 amide bonds. The van der Waals surface area contributed by atoms with Gasteiger partial charge in [0.2, 0.25) is 5.78 Å². The largest absolute Gasteiger partial charge is 0.285 e. The lowest BCUT2D eigenvalue weighted by molar-refractivity contribution is 0.102. The van der Waals surface area contributed by atoms with E-state index in [2.05, 4.69) is 25.4 Å². The molecule has 6 heteroatoms. The standard InChI is InChI=1S/C7H5N5O/c13-7(6-4-10-12-11-6)5-3-8-1-2-9-5/h1-4H,(H,10,11,12). The van der Waals surface area contributed by atoms with Crippen LogP contribution in [0.4, 0.5) is 0 Å². The van der Waals surface area contributed by atoms with Gasteiger partial charge in [0, 0.05) is 12.4 Å². The van der Waals surface area contributed by atoms with Gasteiger partial charge in [-0.25, -0.2) is 4.98 Å². The molecule has 0 saturated carbocycles. The fraction of sp³-hybridized carbons (Fsp3) is 0. The molecule has 0 aromatic carbocycles. The lowest BCUT2D eigenvalue weighted by atomic mass is 10.2. The number of carbonyl (C=O) groups is 1. The Bertz CT molecular complexity index is 396. The molecule has 13 heavy (non-hydrogen) atoms. The van der Waals surface area contributed by atoms with Crippen molar-refractivity contribution in [2.75, 3.05) is 0 Å². The summed E-state index contributed by atoms with van der Waals surface area (Å²) >= 11 is 0. The van der Waals surface area contributed by atoms with Crippen LogP contribution in [0.15, 0.2) is 24.8 Å². The van der Waals surface area contributed by atoms with Crippen LogP contribution in [0.25, 0.3) is 0 Å². The van der Waals surface area contributed by atoms with Crippen LogP contribution in [0.5, 0.6) is 0 Å². The predicted octanol–water partition coefficient (Wildman–Crippen LogP) is -0.174. The molecule has 0 radical (unpaired) electrons. The number of ketones is 1. The first kappa shape index (κ1) is 7.53. The fourth-order valence-corrected chi connectivity index (χ4v) is 0.859. The van der Waals surface area contributed by atoms with E-state index in [1.54, 1.807) is 0 Å². The molecule has 2 aromatic heterocycles. The average Bonchev–Trinajstić information content (AvgIpc) is 2.71. The van der Waals surface area contributed by atoms with Crippen molar-refractivity contribution in [2.45, 2.75) is 0 Å². The summed E-state index contributed by atoms with van der Waals surface area (Å²) in [5, 5.41) is 9.51. The second kappa shape index (κ2) is 3.10. The molecule has 64 valence electrons. The highest BCUT2D eigenvalue weighted by molar-refractivity contribution is 6.05. The molecule has 2 rings (SSSR count). The monoisotopic (exact) mass is 175 g/mol. The summed E-state index contributed by atoms with van der Waals surface area (Å²) < 4.78 is 0. The topological polar surface area (TPSA) is 84.4 Å². The zero-order valence-corrected chi connectivity index (χ0v) is 6.51. The summed E-state index contributed by atoms with van der Waals surface area (Å²) in [5.41, 5.74) is 0.497. The van der Waals surface area contributed by atoms with Crippen LogP contribution in [-0.4, -0.2) is 31.2 Å². The molecule has 0 aliphatic heterocycles. The molecule has 0 aliphatic rings. The summed E-state index contributed by atoms with van der Waals surface area (Å²) in [4.78, 5) is 19.1. The van der Waals surface area contributed by atoms with Crippen molar-refractivity contribution in [3.05, 3.63) is 36.2 Å². The molecule has 0 atom stereocenters. The fourth-order valence-electron chi connectivity index (χ4n) is 0.859. The zero-order valence-electron chi connectivity index (χ0n) is 6.51. The second-order valence-electron chi connectivity index (χ2n) is 2.28. The van der Waals surface area contributed by atoms with Gasteiger partial charge < -0.3 is 0 Å². The molecule has 0 unspecified atom stereocenters. The quantitative estimate of drug-likeness (QED) is 0.640. The average molecular weight is 175 g/mol. The van der Waals surface area contributed by atoms with Crippen molar-refractivity contribution < 1.29 is 4.79 Å². The lowest BCUT2D eigenvalue weighted by Gasteiger charge is -1.92. The second-order valence-corrected chi connectivity index (χ2v) is 2.28. The van der Waals surface area contributed by atoms with E-state index in [1.807, 2.05) is 0 Å². The van der Waals surface area contributed by atoms with Crippen LogP contribution < -0.4 is 0 Å². The molecule has 0 spiro atoms. The molecule has 2 aromatic rings. The molecular weight excluding hydrogens is 170 g/mol. The van der Waals surface area contributed by atoms with Gasteiger partial charge in [-0.1, -0.05) is 0 Å². The zero-order chi connectivity index (χ0) is 9.10. The van der Waals surface area contributed by atoms with Gasteiger partial charge in [-0.15, -0.1) is 0 Å². The van der Waals surface area contributed by atoms with Crippen molar-refractivity contribution in [2.24, 2.45) is 0 Å². The summed E-state index contributed by atoms with van der Waals surface area (Å²) in [5.74, 6) is -0.290. The van der Waals surface area contributed by atoms with E-state index < -0.39 is 0 Å². The maximum atomic E-state index is 11.5. The van der Waals surface area contributed by atoms with Crippen molar-refractivity contribution in [1.82, 2.24) is 25.4 Å². The number of hydrogen-bond donors (Lipinski definition) is 1. The summed E-state index contributed by atoms with van der Waals surface area (Å²) in [6, 6.07) is 0. The van der Waals surface area contributed by atoms with Gasteiger partial charge in [-0.2, -0.15) is 15.4 Å². The Morgan fingerprint density at radius 2 is 2.15 bits per heavy atom. The Balaban J connectivity index is 2.34. The summed E-state index contributed by atoms with van der Waals surface area (Å²) in [7, 11) is 0. The molecule has 1 N–H and O–H groups in total. The minimum absolute atomic E-state index is 0.237. The maximum absolute atomic E-state index is 11.5. The number of nitrogens with one attached hydrogen (secondary N) is 1. The molecule has 2 heterocycles. The first-order valence-corrected chi connectivity index (χ1v) is 3.54. The molecule has 6 nitrogen and oxygen atoms in total. The van der Waals surface area contributed by atoms with Gasteiger partial charge in [0.1, 0.15) is 5.69 Å². The van der Waals surface area contributed by atoms with Crippen molar-refractivity contribution >= 4 is 5.78 Å². The highest BCUT2D eigenvalue weighted by atomic mass is 16.1. The SMILES string of the molecule is O=C(c1cnccn1)c1cn[nH]n1. The van der Waals surface area contributed by atoms with Crippen molar-refractivity contribution in [3.8, 4) is 0 Å². The minimum atomic E-state index is -0.290. The first-order chi connectivity index (χ1) is 6.38. The lowest BCUT2D eigenvalue weighted by Crippen LogP contribution is -2.04. The van der Waals surface area contributed by atoms with E-state index in [0.29, 0.717) is 0 Å². The summed E-state index contributed by atoms with van der Waals surface area (Å²) in [6.07, 6.45) is 5.68. The van der Waals surface area contributed by atoms with Crippen LogP contribution in [-0.2, 0) is 0 Å². The number of carbonyl (C=O) groups excluding carboxylic acids is 1. The van der Waals surface area contributed by atoms with Gasteiger partial charge in [-0.05, 0) is 0 Å². The summed E-state index contributed by atoms with van der Waals surface area (Å²) in [6.45, 7) is 0. The van der Waals surface area contributed by atoms with Crippen LogP contribution >= 0.6 is 0 Å². The van der Waals surface area contributed by atoms with Crippen LogP contribution in [0, 0.1) is 0 Å². The minimum Gasteiger partial charge on any atom is -0.285 e. The Morgan fingerprint density at radius 1 is 1.23 bits per heavy atom. The molecule has 0 fully saturated rings. The maximum Gasteiger partial charge on any atom is 0.234 e. The van der Waals surface area contributed by atoms with E-state index in [9.17, 15) is 4.79 Å². The van der Waals surface area contributed by atoms with Gasteiger partial charge in [0.15, 0.2) is 5.69 Å². The number of H-pyrrole nitrogens is 1. The van der Waals surface area contributed by atoms with E-state index >= 15 is 0 Å². The van der Waals surface area contributed by atoms with Crippen LogP contribution in [0.2, 0.25) is 0 Å². The van der Waals surface area contributed by atoms with Crippen LogP contribution in [0.1, 0.15) is 16.2 Å². The first-order valence-electron chi connectivity index (χ1n) is 3.54. The predicted molar refractivity (Wildman–Crippen MR) is 41.8 cm³/mol. The number of rotatable bonds is 2. The van der Waals surface area contributed by atoms with E-state index in [-0.39, 0.29) is 17.2 Å². The highest BCUT2D eigenvalue weighted by Crippen LogP contribution is 1.99. The number of aromatic amines is 1. The van der Waals surface area contributed by atoms with E-state index in [4.69, 9.17) is 0 Å². The van der Waals surface area contributed by atoms with E-state index in [0.717, 1.165) is 0 Å². The molecule has 0 saturated heterocycles. The third kappa shape index (κ3) is 1.41. The molecular formula is C7H5N5O. The van der Waals surface area contributed by atoms with Gasteiger partial charge in [0.05, 0.1) is 12.4 Å². The van der Waals surface area contributed by atoms with Crippen molar-refractivity contribution in [3.63, 3.8) is 0 Å². The third-order valence-electron chi connectivity index (χ3n) is 1.44. The molecule has 0 bridgehead atoms. The molecule has 0 aliphatic carbocycles. The van der Waals surface area contributed by atoms with Gasteiger partial charge >= 0.3 is 0 Å². The van der Waals surface area contributed by atoms with Gasteiger partial charge in [0.25, 0.3) is 0 Å². The smallest absolute Gasteiger partial charge is 0.234 e. The third-order valence-corrected chi connectivity index (χ3v) is 1.44. The number of nitrogens with zero attached hydrogens (tertiary/aromatic N) is 4. The number of aromatic nitrogens is 5. The van der Waals surface area contributed by atoms with E-state index in [1.165, 1.54) is 24.8 Å².